The van der Waals surface area contributed by atoms with Crippen LogP contribution in [0.2, 0.25) is 0 Å². The zero-order valence-electron chi connectivity index (χ0n) is 14.9. The monoisotopic (exact) mass is 360 g/mol. The van der Waals surface area contributed by atoms with Crippen LogP contribution in [0, 0.1) is 0 Å². The number of para-hydroxylation sites is 1. The summed E-state index contributed by atoms with van der Waals surface area (Å²) in [7, 11) is 1.61. The maximum Gasteiger partial charge on any atom is 0.264 e. The molecule has 1 heterocycles. The molecular formula is C19H24N2O3S. The average molecular weight is 360 g/mol. The van der Waals surface area contributed by atoms with Crippen LogP contribution >= 0.6 is 11.8 Å². The minimum absolute atomic E-state index is 0.0120. The molecule has 0 aromatic heterocycles. The Balaban J connectivity index is 1.86. The summed E-state index contributed by atoms with van der Waals surface area (Å²) in [6, 6.07) is 6.02. The molecule has 1 aromatic rings. The van der Waals surface area contributed by atoms with Crippen LogP contribution in [-0.2, 0) is 4.79 Å². The van der Waals surface area contributed by atoms with Gasteiger partial charge in [-0.25, -0.2) is 0 Å². The average Bonchev–Trinajstić information content (AvgIpc) is 3.19. The third-order valence-corrected chi connectivity index (χ3v) is 5.07. The molecule has 1 amide bonds. The number of thioether (sulfide) groups is 1. The van der Waals surface area contributed by atoms with E-state index >= 15 is 0 Å². The van der Waals surface area contributed by atoms with Gasteiger partial charge < -0.3 is 14.8 Å². The zero-order valence-corrected chi connectivity index (χ0v) is 15.7. The third kappa shape index (κ3) is 4.37. The lowest BCUT2D eigenvalue weighted by atomic mass is 10.1. The van der Waals surface area contributed by atoms with Crippen molar-refractivity contribution in [3.63, 3.8) is 0 Å². The Morgan fingerprint density at radius 3 is 2.76 bits per heavy atom. The van der Waals surface area contributed by atoms with Crippen LogP contribution in [-0.4, -0.2) is 30.3 Å². The van der Waals surface area contributed by atoms with E-state index in [1.165, 1.54) is 24.6 Å². The summed E-state index contributed by atoms with van der Waals surface area (Å²) in [5.74, 6) is 1.20. The quantitative estimate of drug-likeness (QED) is 0.807. The van der Waals surface area contributed by atoms with E-state index in [1.807, 2.05) is 38.1 Å². The number of carbonyl (C=O) groups is 1. The van der Waals surface area contributed by atoms with Gasteiger partial charge in [0.2, 0.25) is 0 Å². The molecule has 0 spiro atoms. The maximum atomic E-state index is 12.3. The van der Waals surface area contributed by atoms with Crippen LogP contribution < -0.4 is 14.8 Å². The normalized spacial score (nSPS) is 21.4. The number of rotatable bonds is 5. The van der Waals surface area contributed by atoms with Crippen molar-refractivity contribution < 1.29 is 14.3 Å². The highest BCUT2D eigenvalue weighted by atomic mass is 32.2. The Bertz CT molecular complexity index is 707. The largest absolute Gasteiger partial charge is 0.493 e. The lowest BCUT2D eigenvalue weighted by molar-refractivity contribution is -0.115. The van der Waals surface area contributed by atoms with Crippen LogP contribution in [0.1, 0.15) is 45.1 Å². The lowest BCUT2D eigenvalue weighted by Crippen LogP contribution is -2.21. The maximum absolute atomic E-state index is 12.3. The zero-order chi connectivity index (χ0) is 17.8. The van der Waals surface area contributed by atoms with Gasteiger partial charge in [0.1, 0.15) is 0 Å². The second-order valence-corrected chi connectivity index (χ2v) is 7.51. The number of benzene rings is 1. The van der Waals surface area contributed by atoms with Crippen molar-refractivity contribution in [2.45, 2.75) is 51.7 Å². The molecule has 1 N–H and O–H groups in total. The predicted molar refractivity (Wildman–Crippen MR) is 102 cm³/mol. The number of amides is 1. The number of aliphatic imine (C=N–C) groups is 1. The molecule has 1 saturated heterocycles. The molecule has 1 saturated carbocycles. The number of nitrogens with zero attached hydrogens (tertiary/aromatic N) is 1. The highest BCUT2D eigenvalue weighted by Crippen LogP contribution is 2.36. The smallest absolute Gasteiger partial charge is 0.264 e. The van der Waals surface area contributed by atoms with Crippen LogP contribution in [0.5, 0.6) is 11.5 Å². The first-order chi connectivity index (χ1) is 12.1. The van der Waals surface area contributed by atoms with E-state index in [2.05, 4.69) is 10.3 Å². The van der Waals surface area contributed by atoms with Crippen LogP contribution in [0.25, 0.3) is 6.08 Å². The summed E-state index contributed by atoms with van der Waals surface area (Å²) in [6.45, 7) is 3.93. The molecule has 0 atom stereocenters. The fourth-order valence-corrected chi connectivity index (χ4v) is 3.88. The molecule has 0 bridgehead atoms. The van der Waals surface area contributed by atoms with E-state index in [4.69, 9.17) is 9.47 Å². The topological polar surface area (TPSA) is 59.9 Å². The first kappa shape index (κ1) is 17.9. The van der Waals surface area contributed by atoms with Crippen LogP contribution in [0.3, 0.4) is 0 Å². The van der Waals surface area contributed by atoms with Crippen molar-refractivity contribution in [2.75, 3.05) is 7.11 Å². The van der Waals surface area contributed by atoms with Gasteiger partial charge in [-0.2, -0.15) is 0 Å². The number of carbonyl (C=O) groups excluding carboxylic acids is 1. The van der Waals surface area contributed by atoms with Crippen LogP contribution in [0.15, 0.2) is 28.1 Å². The molecule has 1 aromatic carbocycles. The summed E-state index contributed by atoms with van der Waals surface area (Å²) in [5.41, 5.74) is 0.827. The van der Waals surface area contributed by atoms with Gasteiger partial charge in [0.25, 0.3) is 5.91 Å². The van der Waals surface area contributed by atoms with Gasteiger partial charge in [0.15, 0.2) is 16.7 Å². The van der Waals surface area contributed by atoms with E-state index < -0.39 is 0 Å². The second-order valence-electron chi connectivity index (χ2n) is 6.48. The summed E-state index contributed by atoms with van der Waals surface area (Å²) < 4.78 is 11.3. The van der Waals surface area contributed by atoms with Gasteiger partial charge >= 0.3 is 0 Å². The fraction of sp³-hybridized carbons (Fsp3) is 0.474. The van der Waals surface area contributed by atoms with Crippen LogP contribution in [0.4, 0.5) is 0 Å². The van der Waals surface area contributed by atoms with Crippen molar-refractivity contribution in [3.8, 4) is 11.5 Å². The number of nitrogens with one attached hydrogen (secondary N) is 1. The highest BCUT2D eigenvalue weighted by Gasteiger charge is 2.26. The van der Waals surface area contributed by atoms with E-state index in [9.17, 15) is 4.79 Å². The number of ether oxygens (including phenoxy) is 2. The Hall–Kier alpha value is -1.95. The second kappa shape index (κ2) is 7.95. The third-order valence-electron chi connectivity index (χ3n) is 4.14. The minimum atomic E-state index is -0.111. The number of methoxy groups -OCH3 is 1. The highest BCUT2D eigenvalue weighted by molar-refractivity contribution is 8.18. The summed E-state index contributed by atoms with van der Waals surface area (Å²) in [5, 5.41) is 3.58. The van der Waals surface area contributed by atoms with Crippen molar-refractivity contribution in [2.24, 2.45) is 4.99 Å². The van der Waals surface area contributed by atoms with Gasteiger partial charge in [-0.05, 0) is 50.6 Å². The SMILES string of the molecule is COc1cccc(C=C2SC(=NC3CCCC3)NC2=O)c1OC(C)C. The van der Waals surface area contributed by atoms with Crippen molar-refractivity contribution in [1.82, 2.24) is 5.32 Å². The Morgan fingerprint density at radius 1 is 1.32 bits per heavy atom. The minimum Gasteiger partial charge on any atom is -0.493 e. The van der Waals surface area contributed by atoms with E-state index in [0.717, 1.165) is 18.4 Å². The van der Waals surface area contributed by atoms with Gasteiger partial charge in [-0.15, -0.1) is 0 Å². The summed E-state index contributed by atoms with van der Waals surface area (Å²) in [4.78, 5) is 17.6. The fourth-order valence-electron chi connectivity index (χ4n) is 3.00. The molecule has 3 rings (SSSR count). The summed E-state index contributed by atoms with van der Waals surface area (Å²) in [6.07, 6.45) is 6.53. The van der Waals surface area contributed by atoms with E-state index in [1.54, 1.807) is 7.11 Å². The van der Waals surface area contributed by atoms with E-state index in [-0.39, 0.29) is 12.0 Å². The Labute approximate surface area is 152 Å². The van der Waals surface area contributed by atoms with Crippen molar-refractivity contribution >= 4 is 28.9 Å². The lowest BCUT2D eigenvalue weighted by Gasteiger charge is -2.16. The molecule has 0 radical (unpaired) electrons. The number of hydrogen-bond acceptors (Lipinski definition) is 5. The molecule has 1 aliphatic carbocycles. The molecular weight excluding hydrogens is 336 g/mol. The van der Waals surface area contributed by atoms with E-state index in [0.29, 0.717) is 27.6 Å². The van der Waals surface area contributed by atoms with Gasteiger partial charge in [-0.3, -0.25) is 9.79 Å². The number of amidine groups is 1. The first-order valence-electron chi connectivity index (χ1n) is 8.69. The molecule has 1 aliphatic heterocycles. The molecule has 2 aliphatic rings. The molecule has 5 nitrogen and oxygen atoms in total. The number of hydrogen-bond donors (Lipinski definition) is 1. The standard InChI is InChI=1S/C19H24N2O3S/c1-12(2)24-17-13(7-6-10-15(17)23-3)11-16-18(22)21-19(25-16)20-14-8-4-5-9-14/h6-7,10-12,14H,4-5,8-9H2,1-3H3,(H,20,21,22). The van der Waals surface area contributed by atoms with Gasteiger partial charge in [-0.1, -0.05) is 25.0 Å². The van der Waals surface area contributed by atoms with Gasteiger partial charge in [0, 0.05) is 5.56 Å². The molecule has 134 valence electrons. The molecule has 6 heteroatoms. The summed E-state index contributed by atoms with van der Waals surface area (Å²) >= 11 is 1.40. The first-order valence-corrected chi connectivity index (χ1v) is 9.51. The molecule has 0 unspecified atom stereocenters. The predicted octanol–water partition coefficient (Wildman–Crippen LogP) is 3.98. The Morgan fingerprint density at radius 2 is 2.08 bits per heavy atom. The van der Waals surface area contributed by atoms with Crippen molar-refractivity contribution in [3.05, 3.63) is 28.7 Å². The van der Waals surface area contributed by atoms with Crippen molar-refractivity contribution in [1.29, 1.82) is 0 Å². The Kier molecular flexibility index (Phi) is 5.68. The molecule has 2 fully saturated rings. The molecule has 25 heavy (non-hydrogen) atoms. The van der Waals surface area contributed by atoms with Gasteiger partial charge in [0.05, 0.1) is 24.2 Å².